The molecule has 0 unspecified atom stereocenters. The molecule has 0 aliphatic carbocycles. The summed E-state index contributed by atoms with van der Waals surface area (Å²) in [6, 6.07) is 0. The van der Waals surface area contributed by atoms with Gasteiger partial charge in [-0.3, -0.25) is 4.55 Å². The minimum absolute atomic E-state index is 0.0832. The molecule has 0 aromatic carbocycles. The van der Waals surface area contributed by atoms with Crippen molar-refractivity contribution in [2.24, 2.45) is 0 Å². The predicted molar refractivity (Wildman–Crippen MR) is 69.5 cm³/mol. The lowest BCUT2D eigenvalue weighted by atomic mass is 10.2. The summed E-state index contributed by atoms with van der Waals surface area (Å²) in [6.45, 7) is -1.23. The molecular formula is C9H19O9S2+. The van der Waals surface area contributed by atoms with Gasteiger partial charge in [0.15, 0.2) is 5.25 Å². The quantitative estimate of drug-likeness (QED) is 0.202. The third-order valence-electron chi connectivity index (χ3n) is 3.01. The van der Waals surface area contributed by atoms with Crippen LogP contribution in [0.3, 0.4) is 0 Å². The highest BCUT2D eigenvalue weighted by molar-refractivity contribution is 7.97. The third-order valence-corrected chi connectivity index (χ3v) is 6.32. The number of rotatable bonds is 7. The van der Waals surface area contributed by atoms with Crippen molar-refractivity contribution in [1.82, 2.24) is 0 Å². The van der Waals surface area contributed by atoms with Gasteiger partial charge in [0.1, 0.15) is 35.9 Å². The second kappa shape index (κ2) is 7.33. The van der Waals surface area contributed by atoms with E-state index in [0.29, 0.717) is 0 Å². The zero-order valence-electron chi connectivity index (χ0n) is 10.4. The maximum absolute atomic E-state index is 10.6. The molecule has 11 heteroatoms. The Bertz CT molecular complexity index is 400. The largest absolute Gasteiger partial charge is 0.397 e. The van der Waals surface area contributed by atoms with Crippen molar-refractivity contribution >= 4 is 21.3 Å². The van der Waals surface area contributed by atoms with Crippen LogP contribution in [0.2, 0.25) is 0 Å². The fourth-order valence-electron chi connectivity index (χ4n) is 1.99. The fraction of sp³-hybridized carbons (Fsp3) is 1.00. The second-order valence-electron chi connectivity index (χ2n) is 4.46. The summed E-state index contributed by atoms with van der Waals surface area (Å²) in [5, 5.41) is 46.4. The molecule has 9 nitrogen and oxygen atoms in total. The Morgan fingerprint density at radius 2 is 1.90 bits per heavy atom. The summed E-state index contributed by atoms with van der Waals surface area (Å²) in [5.41, 5.74) is 0. The highest BCUT2D eigenvalue weighted by Crippen LogP contribution is 2.25. The Labute approximate surface area is 119 Å². The molecule has 0 amide bonds. The average Bonchev–Trinajstić information content (AvgIpc) is 2.60. The van der Waals surface area contributed by atoms with Gasteiger partial charge < -0.3 is 25.5 Å². The Morgan fingerprint density at radius 3 is 2.35 bits per heavy atom. The molecule has 0 spiro atoms. The van der Waals surface area contributed by atoms with E-state index in [1.807, 2.05) is 0 Å². The van der Waals surface area contributed by atoms with Gasteiger partial charge in [-0.15, -0.1) is 0 Å². The number of hydrogen-bond donors (Lipinski definition) is 6. The second-order valence-corrected chi connectivity index (χ2v) is 7.86. The van der Waals surface area contributed by atoms with E-state index in [-0.39, 0.29) is 11.5 Å². The molecule has 20 heavy (non-hydrogen) atoms. The van der Waals surface area contributed by atoms with E-state index >= 15 is 0 Å². The monoisotopic (exact) mass is 335 g/mol. The van der Waals surface area contributed by atoms with E-state index in [2.05, 4.69) is 4.18 Å². The van der Waals surface area contributed by atoms with Crippen molar-refractivity contribution in [2.45, 2.75) is 29.7 Å². The van der Waals surface area contributed by atoms with Crippen LogP contribution in [0.1, 0.15) is 0 Å². The van der Waals surface area contributed by atoms with E-state index in [1.54, 1.807) is 0 Å². The van der Waals surface area contributed by atoms with Crippen molar-refractivity contribution < 1.29 is 42.7 Å². The Hall–Kier alpha value is 0.0200. The van der Waals surface area contributed by atoms with Gasteiger partial charge in [0.05, 0.1) is 13.2 Å². The van der Waals surface area contributed by atoms with Crippen LogP contribution in [-0.2, 0) is 25.5 Å². The van der Waals surface area contributed by atoms with Gasteiger partial charge in [-0.2, -0.15) is 8.42 Å². The Balaban J connectivity index is 2.66. The molecule has 0 radical (unpaired) electrons. The van der Waals surface area contributed by atoms with Crippen LogP contribution in [0.4, 0.5) is 0 Å². The third kappa shape index (κ3) is 4.79. The Kier molecular flexibility index (Phi) is 6.63. The van der Waals surface area contributed by atoms with Crippen molar-refractivity contribution in [2.75, 3.05) is 24.7 Å². The molecule has 6 N–H and O–H groups in total. The van der Waals surface area contributed by atoms with E-state index in [4.69, 9.17) is 14.8 Å². The smallest absolute Gasteiger partial charge is 0.394 e. The van der Waals surface area contributed by atoms with E-state index in [1.165, 1.54) is 0 Å². The normalized spacial score (nSPS) is 34.1. The van der Waals surface area contributed by atoms with Gasteiger partial charge in [-0.25, -0.2) is 4.18 Å². The first-order chi connectivity index (χ1) is 9.19. The van der Waals surface area contributed by atoms with Crippen LogP contribution >= 0.6 is 0 Å². The van der Waals surface area contributed by atoms with Gasteiger partial charge in [0.2, 0.25) is 0 Å². The van der Waals surface area contributed by atoms with Crippen LogP contribution in [-0.4, -0.2) is 92.9 Å². The Morgan fingerprint density at radius 1 is 1.30 bits per heavy atom. The van der Waals surface area contributed by atoms with Crippen LogP contribution < -0.4 is 0 Å². The molecule has 0 saturated carbocycles. The lowest BCUT2D eigenvalue weighted by Crippen LogP contribution is -2.42. The molecule has 1 aliphatic rings. The molecule has 1 aliphatic heterocycles. The SMILES string of the molecule is O=S(=O)(O)O[C@@H](CO)[C@H](O)C[S@@+]1C[C@@H](O)[C@H](O)[C@H]1CO. The van der Waals surface area contributed by atoms with Crippen LogP contribution in [0, 0.1) is 0 Å². The zero-order valence-corrected chi connectivity index (χ0v) is 12.1. The summed E-state index contributed by atoms with van der Waals surface area (Å²) >= 11 is 0. The van der Waals surface area contributed by atoms with Crippen molar-refractivity contribution in [3.63, 3.8) is 0 Å². The average molecular weight is 335 g/mol. The number of aliphatic hydroxyl groups excluding tert-OH is 5. The molecular weight excluding hydrogens is 316 g/mol. The first-order valence-electron chi connectivity index (χ1n) is 5.77. The molecule has 1 saturated heterocycles. The van der Waals surface area contributed by atoms with E-state index < -0.39 is 64.2 Å². The van der Waals surface area contributed by atoms with Gasteiger partial charge in [0, 0.05) is 10.9 Å². The summed E-state index contributed by atoms with van der Waals surface area (Å²) in [4.78, 5) is 0. The molecule has 0 bridgehead atoms. The summed E-state index contributed by atoms with van der Waals surface area (Å²) in [5.74, 6) is 0.0631. The molecule has 0 aromatic heterocycles. The van der Waals surface area contributed by atoms with E-state index in [0.717, 1.165) is 0 Å². The summed E-state index contributed by atoms with van der Waals surface area (Å²) in [7, 11) is -5.59. The summed E-state index contributed by atoms with van der Waals surface area (Å²) in [6.07, 6.45) is -5.13. The highest BCUT2D eigenvalue weighted by atomic mass is 32.3. The zero-order chi connectivity index (χ0) is 15.5. The molecule has 120 valence electrons. The first-order valence-corrected chi connectivity index (χ1v) is 8.76. The maximum Gasteiger partial charge on any atom is 0.397 e. The molecule has 6 atom stereocenters. The maximum atomic E-state index is 10.6. The number of hydrogen-bond acceptors (Lipinski definition) is 8. The summed E-state index contributed by atoms with van der Waals surface area (Å²) < 4.78 is 33.8. The highest BCUT2D eigenvalue weighted by Gasteiger charge is 2.50. The molecule has 1 heterocycles. The topological polar surface area (TPSA) is 165 Å². The van der Waals surface area contributed by atoms with Gasteiger partial charge in [-0.05, 0) is 0 Å². The van der Waals surface area contributed by atoms with Gasteiger partial charge in [-0.1, -0.05) is 0 Å². The lowest BCUT2D eigenvalue weighted by molar-refractivity contribution is 0.0112. The molecule has 1 rings (SSSR count). The van der Waals surface area contributed by atoms with Gasteiger partial charge >= 0.3 is 10.4 Å². The van der Waals surface area contributed by atoms with Gasteiger partial charge in [0.25, 0.3) is 0 Å². The lowest BCUT2D eigenvalue weighted by Gasteiger charge is -2.20. The minimum atomic E-state index is -4.82. The van der Waals surface area contributed by atoms with Crippen LogP contribution in [0.15, 0.2) is 0 Å². The van der Waals surface area contributed by atoms with Crippen molar-refractivity contribution in [1.29, 1.82) is 0 Å². The fourth-order valence-corrected chi connectivity index (χ4v) is 5.20. The first kappa shape index (κ1) is 18.1. The van der Waals surface area contributed by atoms with E-state index in [9.17, 15) is 23.7 Å². The minimum Gasteiger partial charge on any atom is -0.394 e. The van der Waals surface area contributed by atoms with Crippen LogP contribution in [0.25, 0.3) is 0 Å². The standard InChI is InChI=1S/C9H18O9S2/c10-1-7(18-20(15,16)17)5(12)3-19-4-6(13)9(14)8(19)2-11/h5-14H,1-4H2/p+1/t5-,6-,7+,8-,9+,19+/m1/s1. The molecule has 0 aromatic rings. The van der Waals surface area contributed by atoms with Crippen molar-refractivity contribution in [3.8, 4) is 0 Å². The number of aliphatic hydroxyl groups is 5. The predicted octanol–water partition coefficient (Wildman–Crippen LogP) is -3.76. The van der Waals surface area contributed by atoms with Crippen LogP contribution in [0.5, 0.6) is 0 Å². The van der Waals surface area contributed by atoms with Crippen molar-refractivity contribution in [3.05, 3.63) is 0 Å². The molecule has 1 fully saturated rings.